The maximum absolute atomic E-state index is 5.31. The number of piperidine rings is 1. The van der Waals surface area contributed by atoms with Crippen molar-refractivity contribution in [3.05, 3.63) is 57.8 Å². The number of hydrogen-bond acceptors (Lipinski definition) is 3. The molecule has 2 saturated heterocycles. The summed E-state index contributed by atoms with van der Waals surface area (Å²) >= 11 is 1.78. The Balaban J connectivity index is 1.79. The lowest BCUT2D eigenvalue weighted by atomic mass is 9.87. The normalized spacial score (nSPS) is 23.6. The fourth-order valence-electron chi connectivity index (χ4n) is 3.85. The molecule has 2 bridgehead atoms. The second kappa shape index (κ2) is 5.90. The Kier molecular flexibility index (Phi) is 3.77. The van der Waals surface area contributed by atoms with E-state index >= 15 is 0 Å². The van der Waals surface area contributed by atoms with Crippen LogP contribution >= 0.6 is 11.3 Å². The minimum Gasteiger partial charge on any atom is -0.497 e. The number of rotatable bonds is 3. The molecule has 3 heteroatoms. The van der Waals surface area contributed by atoms with E-state index in [0.717, 1.165) is 5.75 Å². The van der Waals surface area contributed by atoms with E-state index in [1.807, 2.05) is 0 Å². The summed E-state index contributed by atoms with van der Waals surface area (Å²) in [6, 6.07) is 12.1. The summed E-state index contributed by atoms with van der Waals surface area (Å²) in [6.07, 6.45) is 5.03. The topological polar surface area (TPSA) is 21.3 Å². The highest BCUT2D eigenvalue weighted by atomic mass is 32.1. The number of thiophene rings is 1. The molecule has 2 fully saturated rings. The fraction of sp³-hybridized carbons (Fsp3) is 0.368. The van der Waals surface area contributed by atoms with E-state index in [-0.39, 0.29) is 0 Å². The van der Waals surface area contributed by atoms with Crippen LogP contribution in [0.4, 0.5) is 0 Å². The first kappa shape index (κ1) is 14.0. The Labute approximate surface area is 135 Å². The quantitative estimate of drug-likeness (QED) is 0.903. The van der Waals surface area contributed by atoms with Crippen molar-refractivity contribution in [1.82, 2.24) is 5.32 Å². The van der Waals surface area contributed by atoms with E-state index in [9.17, 15) is 0 Å². The summed E-state index contributed by atoms with van der Waals surface area (Å²) in [5, 5.41) is 8.19. The lowest BCUT2D eigenvalue weighted by molar-refractivity contribution is 0.415. The van der Waals surface area contributed by atoms with Crippen molar-refractivity contribution in [2.45, 2.75) is 37.8 Å². The van der Waals surface area contributed by atoms with Crippen molar-refractivity contribution >= 4 is 16.9 Å². The Morgan fingerprint density at radius 3 is 2.36 bits per heavy atom. The van der Waals surface area contributed by atoms with Crippen molar-refractivity contribution in [2.75, 3.05) is 7.11 Å². The third-order valence-corrected chi connectivity index (χ3v) is 5.55. The van der Waals surface area contributed by atoms with Gasteiger partial charge in [-0.1, -0.05) is 17.7 Å². The second-order valence-electron chi connectivity index (χ2n) is 6.27. The van der Waals surface area contributed by atoms with Crippen molar-refractivity contribution in [3.63, 3.8) is 0 Å². The maximum Gasteiger partial charge on any atom is 0.118 e. The molecule has 4 rings (SSSR count). The summed E-state index contributed by atoms with van der Waals surface area (Å²) in [7, 11) is 1.72. The van der Waals surface area contributed by atoms with Gasteiger partial charge in [0.15, 0.2) is 0 Å². The van der Waals surface area contributed by atoms with E-state index in [1.54, 1.807) is 24.0 Å². The van der Waals surface area contributed by atoms with Crippen LogP contribution in [0, 0.1) is 0 Å². The van der Waals surface area contributed by atoms with E-state index < -0.39 is 0 Å². The molecule has 2 unspecified atom stereocenters. The average molecular weight is 311 g/mol. The van der Waals surface area contributed by atoms with Gasteiger partial charge < -0.3 is 10.1 Å². The van der Waals surface area contributed by atoms with Gasteiger partial charge in [-0.2, -0.15) is 11.3 Å². The van der Waals surface area contributed by atoms with Gasteiger partial charge in [0.1, 0.15) is 5.75 Å². The number of benzene rings is 1. The van der Waals surface area contributed by atoms with Gasteiger partial charge >= 0.3 is 0 Å². The highest BCUT2D eigenvalue weighted by Gasteiger charge is 2.32. The number of nitrogens with one attached hydrogen (secondary N) is 1. The molecule has 2 aliphatic rings. The Morgan fingerprint density at radius 2 is 1.77 bits per heavy atom. The number of hydrogen-bond donors (Lipinski definition) is 1. The molecule has 2 aliphatic heterocycles. The zero-order valence-electron chi connectivity index (χ0n) is 12.8. The molecule has 114 valence electrons. The van der Waals surface area contributed by atoms with Crippen LogP contribution in [0.2, 0.25) is 0 Å². The predicted octanol–water partition coefficient (Wildman–Crippen LogP) is 4.47. The first-order chi connectivity index (χ1) is 10.8. The second-order valence-corrected chi connectivity index (χ2v) is 7.05. The average Bonchev–Trinajstić information content (AvgIpc) is 3.18. The zero-order chi connectivity index (χ0) is 14.9. The number of methoxy groups -OCH3 is 1. The Morgan fingerprint density at radius 1 is 1.05 bits per heavy atom. The smallest absolute Gasteiger partial charge is 0.118 e. The van der Waals surface area contributed by atoms with Crippen molar-refractivity contribution in [1.29, 1.82) is 0 Å². The molecule has 0 aliphatic carbocycles. The van der Waals surface area contributed by atoms with Crippen LogP contribution in [0.1, 0.15) is 36.8 Å². The zero-order valence-corrected chi connectivity index (χ0v) is 13.7. The first-order valence-corrected chi connectivity index (χ1v) is 8.93. The van der Waals surface area contributed by atoms with Gasteiger partial charge in [-0.05, 0) is 71.3 Å². The molecule has 0 saturated carbocycles. The van der Waals surface area contributed by atoms with Crippen LogP contribution in [0.5, 0.6) is 5.75 Å². The molecule has 1 aromatic heterocycles. The Bertz CT molecular complexity index is 658. The summed E-state index contributed by atoms with van der Waals surface area (Å²) in [6.45, 7) is 0. The Hall–Kier alpha value is -1.58. The van der Waals surface area contributed by atoms with Gasteiger partial charge in [0.2, 0.25) is 0 Å². The molecule has 2 atom stereocenters. The van der Waals surface area contributed by atoms with E-state index in [4.69, 9.17) is 4.74 Å². The van der Waals surface area contributed by atoms with E-state index in [0.29, 0.717) is 12.1 Å². The van der Waals surface area contributed by atoms with Crippen LogP contribution in [-0.4, -0.2) is 19.2 Å². The van der Waals surface area contributed by atoms with Crippen LogP contribution in [0.15, 0.2) is 46.7 Å². The standard InChI is InChI=1S/C19H21NOS/c1-21-18-6-2-13(3-7-18)19(14-8-9-22-12-14)15-10-16-4-5-17(11-15)20-16/h2-3,6-9,12,16-17,20H,4-5,10-11H2,1H3. The fourth-order valence-corrected chi connectivity index (χ4v) is 4.49. The van der Waals surface area contributed by atoms with Gasteiger partial charge in [0.25, 0.3) is 0 Å². The van der Waals surface area contributed by atoms with Gasteiger partial charge in [-0.25, -0.2) is 0 Å². The monoisotopic (exact) mass is 311 g/mol. The summed E-state index contributed by atoms with van der Waals surface area (Å²) in [4.78, 5) is 0. The van der Waals surface area contributed by atoms with Crippen LogP contribution in [0.3, 0.4) is 0 Å². The minimum atomic E-state index is 0.681. The lowest BCUT2D eigenvalue weighted by Crippen LogP contribution is -2.35. The third kappa shape index (κ3) is 2.59. The SMILES string of the molecule is COc1ccc(C(=C2CC3CCC(C2)N3)c2ccsc2)cc1. The minimum absolute atomic E-state index is 0.681. The third-order valence-electron chi connectivity index (χ3n) is 4.86. The van der Waals surface area contributed by atoms with Gasteiger partial charge in [-0.3, -0.25) is 0 Å². The van der Waals surface area contributed by atoms with E-state index in [1.165, 1.54) is 42.4 Å². The molecule has 22 heavy (non-hydrogen) atoms. The molecule has 0 radical (unpaired) electrons. The summed E-state index contributed by atoms with van der Waals surface area (Å²) in [5.74, 6) is 0.920. The molecular weight excluding hydrogens is 290 g/mol. The maximum atomic E-state index is 5.31. The molecule has 0 spiro atoms. The number of ether oxygens (including phenoxy) is 1. The largest absolute Gasteiger partial charge is 0.497 e. The van der Waals surface area contributed by atoms with Gasteiger partial charge in [0.05, 0.1) is 7.11 Å². The van der Waals surface area contributed by atoms with Crippen molar-refractivity contribution in [2.24, 2.45) is 0 Å². The molecule has 2 aromatic rings. The predicted molar refractivity (Wildman–Crippen MR) is 92.5 cm³/mol. The molecule has 1 N–H and O–H groups in total. The summed E-state index contributed by atoms with van der Waals surface area (Å²) in [5.41, 5.74) is 5.75. The first-order valence-electron chi connectivity index (χ1n) is 7.98. The van der Waals surface area contributed by atoms with Gasteiger partial charge in [0, 0.05) is 12.1 Å². The van der Waals surface area contributed by atoms with Crippen LogP contribution in [-0.2, 0) is 0 Å². The van der Waals surface area contributed by atoms with Crippen LogP contribution < -0.4 is 10.1 Å². The highest BCUT2D eigenvalue weighted by molar-refractivity contribution is 7.08. The van der Waals surface area contributed by atoms with Gasteiger partial charge in [-0.15, -0.1) is 0 Å². The molecule has 3 heterocycles. The molecule has 2 nitrogen and oxygen atoms in total. The molecule has 1 aromatic carbocycles. The summed E-state index contributed by atoms with van der Waals surface area (Å²) < 4.78 is 5.31. The molecule has 0 amide bonds. The number of fused-ring (bicyclic) bond motifs is 2. The highest BCUT2D eigenvalue weighted by Crippen LogP contribution is 2.38. The van der Waals surface area contributed by atoms with E-state index in [2.05, 4.69) is 46.4 Å². The lowest BCUT2D eigenvalue weighted by Gasteiger charge is -2.26. The van der Waals surface area contributed by atoms with Crippen LogP contribution in [0.25, 0.3) is 5.57 Å². The van der Waals surface area contributed by atoms with Crippen molar-refractivity contribution < 1.29 is 4.74 Å². The van der Waals surface area contributed by atoms with Crippen molar-refractivity contribution in [3.8, 4) is 5.75 Å². The molecular formula is C19H21NOS.